The first-order chi connectivity index (χ1) is 32.6. The van der Waals surface area contributed by atoms with E-state index in [0.29, 0.717) is 17.6 Å². The Balaban J connectivity index is 4.21. The average Bonchev–Trinajstić information content (AvgIpc) is 3.29. The molecular formula is C58H102NO7P. The summed E-state index contributed by atoms with van der Waals surface area (Å²) in [6, 6.07) is 0. The molecule has 0 heterocycles. The smallest absolute Gasteiger partial charge is 0.306 e. The lowest BCUT2D eigenvalue weighted by atomic mass is 10.1. The number of rotatable bonds is 49. The van der Waals surface area contributed by atoms with Crippen molar-refractivity contribution in [3.8, 4) is 0 Å². The third kappa shape index (κ3) is 54.2. The van der Waals surface area contributed by atoms with Crippen LogP contribution < -0.4 is 4.89 Å². The van der Waals surface area contributed by atoms with Gasteiger partial charge in [-0.2, -0.15) is 0 Å². The van der Waals surface area contributed by atoms with Crippen molar-refractivity contribution in [3.63, 3.8) is 0 Å². The Labute approximate surface area is 413 Å². The van der Waals surface area contributed by atoms with E-state index in [4.69, 9.17) is 18.5 Å². The number of likely N-dealkylation sites (N-methyl/N-ethyl adjacent to an activating group) is 1. The predicted octanol–water partition coefficient (Wildman–Crippen LogP) is 16.3. The third-order valence-corrected chi connectivity index (χ3v) is 12.1. The topological polar surface area (TPSA) is 94.1 Å². The Kier molecular flexibility index (Phi) is 47.9. The molecule has 0 aliphatic rings. The molecule has 9 heteroatoms. The Morgan fingerprint density at radius 2 is 0.866 bits per heavy atom. The fraction of sp³-hybridized carbons (Fsp3) is 0.707. The summed E-state index contributed by atoms with van der Waals surface area (Å²) >= 11 is 0. The zero-order valence-corrected chi connectivity index (χ0v) is 44.7. The number of esters is 1. The Hall–Kier alpha value is -2.58. The van der Waals surface area contributed by atoms with Crippen LogP contribution in [-0.2, 0) is 27.9 Å². The van der Waals surface area contributed by atoms with Crippen LogP contribution in [0.4, 0.5) is 0 Å². The first-order valence-electron chi connectivity index (χ1n) is 27.0. The quantitative estimate of drug-likeness (QED) is 0.0197. The van der Waals surface area contributed by atoms with Gasteiger partial charge in [0, 0.05) is 13.0 Å². The number of unbranched alkanes of at least 4 members (excludes halogenated alkanes) is 19. The van der Waals surface area contributed by atoms with E-state index in [9.17, 15) is 14.3 Å². The van der Waals surface area contributed by atoms with Gasteiger partial charge in [-0.3, -0.25) is 9.36 Å². The summed E-state index contributed by atoms with van der Waals surface area (Å²) in [6.07, 6.45) is 68.6. The molecule has 0 bridgehead atoms. The highest BCUT2D eigenvalue weighted by atomic mass is 31.2. The molecule has 0 amide bonds. The number of phosphoric acid groups is 1. The van der Waals surface area contributed by atoms with E-state index >= 15 is 0 Å². The van der Waals surface area contributed by atoms with Crippen molar-refractivity contribution in [2.45, 2.75) is 213 Å². The van der Waals surface area contributed by atoms with Crippen molar-refractivity contribution in [1.29, 1.82) is 0 Å². The van der Waals surface area contributed by atoms with Crippen molar-refractivity contribution in [2.75, 3.05) is 54.1 Å². The molecule has 2 unspecified atom stereocenters. The lowest BCUT2D eigenvalue weighted by molar-refractivity contribution is -0.870. The molecule has 0 saturated heterocycles. The van der Waals surface area contributed by atoms with Crippen molar-refractivity contribution < 1.29 is 37.3 Å². The molecule has 8 nitrogen and oxygen atoms in total. The number of hydrogen-bond donors (Lipinski definition) is 0. The van der Waals surface area contributed by atoms with E-state index in [2.05, 4.69) is 111 Å². The summed E-state index contributed by atoms with van der Waals surface area (Å²) in [6.45, 7) is 5.24. The largest absolute Gasteiger partial charge is 0.756 e. The van der Waals surface area contributed by atoms with Crippen molar-refractivity contribution in [3.05, 3.63) is 97.2 Å². The van der Waals surface area contributed by atoms with Gasteiger partial charge < -0.3 is 27.9 Å². The summed E-state index contributed by atoms with van der Waals surface area (Å²) in [5, 5.41) is 0. The highest BCUT2D eigenvalue weighted by molar-refractivity contribution is 7.45. The van der Waals surface area contributed by atoms with E-state index in [-0.39, 0.29) is 32.2 Å². The average molecular weight is 956 g/mol. The maximum absolute atomic E-state index is 12.8. The van der Waals surface area contributed by atoms with Crippen LogP contribution in [0.3, 0.4) is 0 Å². The minimum Gasteiger partial charge on any atom is -0.756 e. The van der Waals surface area contributed by atoms with Gasteiger partial charge in [0.25, 0.3) is 7.82 Å². The zero-order chi connectivity index (χ0) is 49.0. The number of nitrogens with zero attached hydrogens (tertiary/aromatic N) is 1. The van der Waals surface area contributed by atoms with Gasteiger partial charge >= 0.3 is 5.97 Å². The number of quaternary nitrogens is 1. The van der Waals surface area contributed by atoms with Crippen LogP contribution in [0.1, 0.15) is 206 Å². The summed E-state index contributed by atoms with van der Waals surface area (Å²) in [7, 11) is 1.32. The van der Waals surface area contributed by atoms with E-state index in [1.54, 1.807) is 0 Å². The van der Waals surface area contributed by atoms with E-state index < -0.39 is 13.9 Å². The van der Waals surface area contributed by atoms with Crippen LogP contribution in [-0.4, -0.2) is 70.7 Å². The highest BCUT2D eigenvalue weighted by Crippen LogP contribution is 2.38. The molecule has 0 aromatic heterocycles. The number of hydrogen-bond acceptors (Lipinski definition) is 7. The summed E-state index contributed by atoms with van der Waals surface area (Å²) in [4.78, 5) is 25.2. The summed E-state index contributed by atoms with van der Waals surface area (Å²) in [5.74, 6) is -0.361. The molecule has 0 saturated carbocycles. The van der Waals surface area contributed by atoms with Gasteiger partial charge in [0.1, 0.15) is 19.3 Å². The Morgan fingerprint density at radius 3 is 1.30 bits per heavy atom. The zero-order valence-electron chi connectivity index (χ0n) is 43.8. The molecule has 67 heavy (non-hydrogen) atoms. The van der Waals surface area contributed by atoms with Crippen LogP contribution in [0.5, 0.6) is 0 Å². The molecule has 2 atom stereocenters. The number of allylic oxidation sites excluding steroid dienone is 16. The molecule has 0 aliphatic carbocycles. The fourth-order valence-corrected chi connectivity index (χ4v) is 7.72. The number of ether oxygens (including phenoxy) is 2. The minimum absolute atomic E-state index is 0.0148. The van der Waals surface area contributed by atoms with Crippen LogP contribution in [0.15, 0.2) is 97.2 Å². The van der Waals surface area contributed by atoms with Gasteiger partial charge in [-0.1, -0.05) is 201 Å². The fourth-order valence-electron chi connectivity index (χ4n) is 6.99. The molecule has 0 spiro atoms. The van der Waals surface area contributed by atoms with Crippen LogP contribution in [0.25, 0.3) is 0 Å². The molecule has 0 rings (SSSR count). The first kappa shape index (κ1) is 64.4. The molecule has 0 aromatic rings. The minimum atomic E-state index is -4.55. The van der Waals surface area contributed by atoms with E-state index in [1.807, 2.05) is 21.1 Å². The maximum Gasteiger partial charge on any atom is 0.306 e. The van der Waals surface area contributed by atoms with Crippen LogP contribution in [0.2, 0.25) is 0 Å². The number of carbonyl (C=O) groups is 1. The lowest BCUT2D eigenvalue weighted by Crippen LogP contribution is -2.37. The van der Waals surface area contributed by atoms with Gasteiger partial charge in [-0.05, 0) is 96.3 Å². The SMILES string of the molecule is CC/C=C\C/C=C\C/C=C\C/C=C\C/C=C\C/C=C\CCCCCCC(=O)OC(COCCCCCCCCCCCC/C=C\C/C=C\CCCCCCC)COP(=O)([O-])OCC[N+](C)(C)C. The molecule has 0 radical (unpaired) electrons. The number of carbonyl (C=O) groups excluding carboxylic acids is 1. The van der Waals surface area contributed by atoms with Crippen LogP contribution in [0, 0.1) is 0 Å². The molecular weight excluding hydrogens is 854 g/mol. The van der Waals surface area contributed by atoms with Gasteiger partial charge in [0.05, 0.1) is 34.4 Å². The molecule has 0 aromatic carbocycles. The van der Waals surface area contributed by atoms with E-state index in [0.717, 1.165) is 89.9 Å². The normalized spacial score (nSPS) is 14.3. The molecule has 386 valence electrons. The van der Waals surface area contributed by atoms with Gasteiger partial charge in [0.15, 0.2) is 0 Å². The summed E-state index contributed by atoms with van der Waals surface area (Å²) in [5.41, 5.74) is 0. The lowest BCUT2D eigenvalue weighted by Gasteiger charge is -2.28. The molecule has 0 N–H and O–H groups in total. The van der Waals surface area contributed by atoms with Crippen molar-refractivity contribution in [1.82, 2.24) is 0 Å². The molecule has 0 aliphatic heterocycles. The Morgan fingerprint density at radius 1 is 0.478 bits per heavy atom. The van der Waals surface area contributed by atoms with Crippen molar-refractivity contribution in [2.24, 2.45) is 0 Å². The monoisotopic (exact) mass is 956 g/mol. The highest BCUT2D eigenvalue weighted by Gasteiger charge is 2.20. The second-order valence-corrected chi connectivity index (χ2v) is 20.3. The number of phosphoric ester groups is 1. The summed E-state index contributed by atoms with van der Waals surface area (Å²) < 4.78 is 34.8. The van der Waals surface area contributed by atoms with Crippen molar-refractivity contribution >= 4 is 13.8 Å². The third-order valence-electron chi connectivity index (χ3n) is 11.1. The second-order valence-electron chi connectivity index (χ2n) is 18.9. The standard InChI is InChI=1S/C58H102NO7P/c1-6-8-10-12-14-16-18-20-22-24-26-28-30-31-33-35-37-39-41-43-45-47-49-51-58(60)66-57(56-65-67(61,62)64-54-52-59(3,4)5)55-63-53-50-48-46-44-42-40-38-36-34-32-29-27-25-23-21-19-17-15-13-11-9-7-2/h8,10,14,16,19-22,25-28,31,33,37,39,57H,6-7,9,11-13,15,17-18,23-24,29-30,32,34-36,38,40-56H2,1-5H3/b10-8-,16-14-,21-19-,22-20-,27-25-,28-26-,33-31-,39-37-. The predicted molar refractivity (Wildman–Crippen MR) is 286 cm³/mol. The van der Waals surface area contributed by atoms with Crippen LogP contribution >= 0.6 is 7.82 Å². The van der Waals surface area contributed by atoms with E-state index in [1.165, 1.54) is 96.3 Å². The second kappa shape index (κ2) is 49.8. The van der Waals surface area contributed by atoms with Gasteiger partial charge in [0.2, 0.25) is 0 Å². The molecule has 0 fully saturated rings. The first-order valence-corrected chi connectivity index (χ1v) is 28.4. The van der Waals surface area contributed by atoms with Gasteiger partial charge in [-0.15, -0.1) is 0 Å². The Bertz CT molecular complexity index is 1390. The van der Waals surface area contributed by atoms with Gasteiger partial charge in [-0.25, -0.2) is 0 Å². The maximum atomic E-state index is 12.8.